The molecule has 4 rings (SSSR count). The van der Waals surface area contributed by atoms with E-state index in [0.717, 1.165) is 37.7 Å². The van der Waals surface area contributed by atoms with Crippen LogP contribution >= 0.6 is 34.2 Å². The molecule has 0 unspecified atom stereocenters. The number of nitrogens with one attached hydrogen (secondary N) is 1. The number of aromatic nitrogens is 4. The van der Waals surface area contributed by atoms with E-state index in [1.807, 2.05) is 55.7 Å². The van der Waals surface area contributed by atoms with Crippen LogP contribution in [0.5, 0.6) is 0 Å². The van der Waals surface area contributed by atoms with Crippen LogP contribution in [0.25, 0.3) is 16.9 Å². The van der Waals surface area contributed by atoms with Gasteiger partial charge < -0.3 is 5.32 Å². The van der Waals surface area contributed by atoms with E-state index in [2.05, 4.69) is 42.3 Å². The summed E-state index contributed by atoms with van der Waals surface area (Å²) in [4.78, 5) is 13.5. The minimum absolute atomic E-state index is 0.616. The second-order valence-corrected chi connectivity index (χ2v) is 7.34. The lowest BCUT2D eigenvalue weighted by Crippen LogP contribution is -2.08. The first-order valence-electron chi connectivity index (χ1n) is 8.06. The number of nitrogens with zero attached hydrogens (tertiary/aromatic N) is 4. The maximum Gasteiger partial charge on any atom is 0.181 e. The maximum absolute atomic E-state index is 6.43. The first-order chi connectivity index (χ1) is 12.6. The maximum atomic E-state index is 6.43. The van der Waals surface area contributed by atoms with Crippen molar-refractivity contribution in [3.63, 3.8) is 0 Å². The standard InChI is InChI=1S/C19H15ClIN5/c1-12-17(14-6-2-3-7-15(14)20)25-18(19-24-11-16(21)26(12)19)23-10-13-5-4-8-22-9-13/h2-9,11H,10H2,1H3,(H,23,25). The Morgan fingerprint density at radius 3 is 2.77 bits per heavy atom. The van der Waals surface area contributed by atoms with Gasteiger partial charge in [0.05, 0.1) is 16.9 Å². The second kappa shape index (κ2) is 7.20. The third kappa shape index (κ3) is 3.14. The zero-order chi connectivity index (χ0) is 18.1. The number of hydrogen-bond donors (Lipinski definition) is 1. The Hall–Kier alpha value is -2.19. The van der Waals surface area contributed by atoms with Crippen LogP contribution in [0, 0.1) is 10.6 Å². The van der Waals surface area contributed by atoms with E-state index in [4.69, 9.17) is 16.6 Å². The van der Waals surface area contributed by atoms with Gasteiger partial charge >= 0.3 is 0 Å². The number of rotatable bonds is 4. The highest BCUT2D eigenvalue weighted by Crippen LogP contribution is 2.32. The number of benzene rings is 1. The molecule has 0 saturated carbocycles. The van der Waals surface area contributed by atoms with Crippen LogP contribution in [-0.2, 0) is 6.54 Å². The molecule has 1 aromatic carbocycles. The normalized spacial score (nSPS) is 11.0. The van der Waals surface area contributed by atoms with E-state index in [-0.39, 0.29) is 0 Å². The van der Waals surface area contributed by atoms with Gasteiger partial charge in [-0.3, -0.25) is 9.38 Å². The molecule has 3 aromatic heterocycles. The van der Waals surface area contributed by atoms with Gasteiger partial charge in [0.2, 0.25) is 0 Å². The van der Waals surface area contributed by atoms with Crippen molar-refractivity contribution in [3.05, 3.63) is 75.0 Å². The van der Waals surface area contributed by atoms with Crippen LogP contribution in [0.3, 0.4) is 0 Å². The molecule has 0 atom stereocenters. The van der Waals surface area contributed by atoms with Gasteiger partial charge in [-0.25, -0.2) is 9.97 Å². The quantitative estimate of drug-likeness (QED) is 0.424. The average Bonchev–Trinajstić information content (AvgIpc) is 3.05. The van der Waals surface area contributed by atoms with Crippen molar-refractivity contribution in [1.29, 1.82) is 0 Å². The van der Waals surface area contributed by atoms with E-state index in [1.165, 1.54) is 0 Å². The summed E-state index contributed by atoms with van der Waals surface area (Å²) < 4.78 is 3.12. The van der Waals surface area contributed by atoms with Crippen LogP contribution < -0.4 is 5.32 Å². The smallest absolute Gasteiger partial charge is 0.181 e. The molecule has 3 heterocycles. The topological polar surface area (TPSA) is 55.1 Å². The molecule has 130 valence electrons. The third-order valence-electron chi connectivity index (χ3n) is 4.14. The molecular formula is C19H15ClIN5. The minimum Gasteiger partial charge on any atom is -0.363 e. The predicted octanol–water partition coefficient (Wildman–Crippen LogP) is 4.97. The molecular weight excluding hydrogens is 461 g/mol. The fourth-order valence-corrected chi connectivity index (χ4v) is 3.84. The Morgan fingerprint density at radius 2 is 2.00 bits per heavy atom. The summed E-state index contributed by atoms with van der Waals surface area (Å²) in [6.45, 7) is 2.65. The number of imidazole rings is 1. The molecule has 0 radical (unpaired) electrons. The van der Waals surface area contributed by atoms with Gasteiger partial charge in [0.15, 0.2) is 11.5 Å². The van der Waals surface area contributed by atoms with Crippen molar-refractivity contribution in [2.45, 2.75) is 13.5 Å². The molecule has 0 spiro atoms. The highest BCUT2D eigenvalue weighted by Gasteiger charge is 2.17. The van der Waals surface area contributed by atoms with Crippen molar-refractivity contribution >= 4 is 45.7 Å². The number of pyridine rings is 1. The van der Waals surface area contributed by atoms with E-state index in [9.17, 15) is 0 Å². The highest BCUT2D eigenvalue weighted by atomic mass is 127. The Bertz CT molecular complexity index is 1080. The molecule has 0 bridgehead atoms. The lowest BCUT2D eigenvalue weighted by Gasteiger charge is -2.14. The average molecular weight is 476 g/mol. The lowest BCUT2D eigenvalue weighted by molar-refractivity contribution is 1.01. The molecule has 1 N–H and O–H groups in total. The first-order valence-corrected chi connectivity index (χ1v) is 9.52. The summed E-state index contributed by atoms with van der Waals surface area (Å²) in [5, 5.41) is 4.07. The number of aryl methyl sites for hydroxylation is 1. The fourth-order valence-electron chi connectivity index (χ4n) is 2.88. The third-order valence-corrected chi connectivity index (χ3v) is 5.23. The molecule has 5 nitrogen and oxygen atoms in total. The van der Waals surface area contributed by atoms with Crippen LogP contribution in [-0.4, -0.2) is 19.4 Å². The Morgan fingerprint density at radius 1 is 1.15 bits per heavy atom. The monoisotopic (exact) mass is 475 g/mol. The van der Waals surface area contributed by atoms with Crippen LogP contribution in [0.4, 0.5) is 5.82 Å². The van der Waals surface area contributed by atoms with Gasteiger partial charge in [-0.1, -0.05) is 35.9 Å². The molecule has 0 fully saturated rings. The molecule has 0 aliphatic carbocycles. The summed E-state index contributed by atoms with van der Waals surface area (Å²) in [6, 6.07) is 11.7. The van der Waals surface area contributed by atoms with E-state index in [1.54, 1.807) is 6.20 Å². The minimum atomic E-state index is 0.616. The molecule has 0 saturated heterocycles. The van der Waals surface area contributed by atoms with Gasteiger partial charge in [-0.15, -0.1) is 0 Å². The number of halogens is 2. The van der Waals surface area contributed by atoms with E-state index >= 15 is 0 Å². The van der Waals surface area contributed by atoms with Crippen molar-refractivity contribution < 1.29 is 0 Å². The first kappa shape index (κ1) is 17.2. The summed E-state index contributed by atoms with van der Waals surface area (Å²) in [7, 11) is 0. The largest absolute Gasteiger partial charge is 0.363 e. The summed E-state index contributed by atoms with van der Waals surface area (Å²) in [5.74, 6) is 0.720. The SMILES string of the molecule is Cc1c(-c2ccccc2Cl)nc(NCc2cccnc2)c2ncc(I)n12. The number of fused-ring (bicyclic) bond motifs is 1. The molecule has 7 heteroatoms. The summed E-state index contributed by atoms with van der Waals surface area (Å²) in [5.41, 5.74) is 4.62. The molecule has 0 amide bonds. The van der Waals surface area contributed by atoms with Crippen LogP contribution in [0.15, 0.2) is 55.0 Å². The van der Waals surface area contributed by atoms with Crippen molar-refractivity contribution in [3.8, 4) is 11.3 Å². The fraction of sp³-hybridized carbons (Fsp3) is 0.105. The Kier molecular flexibility index (Phi) is 4.78. The summed E-state index contributed by atoms with van der Waals surface area (Å²) >= 11 is 8.71. The number of hydrogen-bond acceptors (Lipinski definition) is 4. The van der Waals surface area contributed by atoms with Crippen molar-refractivity contribution in [2.24, 2.45) is 0 Å². The van der Waals surface area contributed by atoms with E-state index < -0.39 is 0 Å². The summed E-state index contributed by atoms with van der Waals surface area (Å²) in [6.07, 6.45) is 5.44. The molecule has 26 heavy (non-hydrogen) atoms. The highest BCUT2D eigenvalue weighted by molar-refractivity contribution is 14.1. The van der Waals surface area contributed by atoms with Gasteiger partial charge in [0.1, 0.15) is 3.70 Å². The Balaban J connectivity index is 1.84. The van der Waals surface area contributed by atoms with Crippen LogP contribution in [0.2, 0.25) is 5.02 Å². The van der Waals surface area contributed by atoms with Crippen LogP contribution in [0.1, 0.15) is 11.3 Å². The van der Waals surface area contributed by atoms with Gasteiger partial charge in [-0.05, 0) is 47.2 Å². The predicted molar refractivity (Wildman–Crippen MR) is 112 cm³/mol. The van der Waals surface area contributed by atoms with E-state index in [0.29, 0.717) is 11.6 Å². The molecule has 4 aromatic rings. The van der Waals surface area contributed by atoms with Gasteiger partial charge in [-0.2, -0.15) is 0 Å². The zero-order valence-electron chi connectivity index (χ0n) is 13.9. The second-order valence-electron chi connectivity index (χ2n) is 5.83. The number of anilines is 1. The van der Waals surface area contributed by atoms with Crippen molar-refractivity contribution in [1.82, 2.24) is 19.4 Å². The molecule has 0 aliphatic rings. The van der Waals surface area contributed by atoms with Gasteiger partial charge in [0, 0.05) is 30.2 Å². The van der Waals surface area contributed by atoms with Crippen molar-refractivity contribution in [2.75, 3.05) is 5.32 Å². The zero-order valence-corrected chi connectivity index (χ0v) is 16.9. The lowest BCUT2D eigenvalue weighted by atomic mass is 10.1. The molecule has 0 aliphatic heterocycles. The van der Waals surface area contributed by atoms with Gasteiger partial charge in [0.25, 0.3) is 0 Å². The Labute approximate surface area is 169 Å².